The predicted molar refractivity (Wildman–Crippen MR) is 96.4 cm³/mol. The average molecular weight is 372 g/mol. The number of hydrogen-bond acceptors (Lipinski definition) is 6. The molecule has 8 nitrogen and oxygen atoms in total. The first-order chi connectivity index (χ1) is 12.9. The van der Waals surface area contributed by atoms with Crippen LogP contribution in [0.1, 0.15) is 40.7 Å². The molecule has 4 rings (SSSR count). The summed E-state index contributed by atoms with van der Waals surface area (Å²) in [7, 11) is 0. The van der Waals surface area contributed by atoms with Crippen molar-refractivity contribution in [1.82, 2.24) is 15.1 Å². The number of nitrogens with zero attached hydrogens (tertiary/aromatic N) is 2. The minimum Gasteiger partial charge on any atom is -0.392 e. The summed E-state index contributed by atoms with van der Waals surface area (Å²) in [5.74, 6) is -0.864. The van der Waals surface area contributed by atoms with E-state index in [4.69, 9.17) is 5.73 Å². The molecule has 2 saturated heterocycles. The van der Waals surface area contributed by atoms with Crippen molar-refractivity contribution >= 4 is 17.7 Å². The van der Waals surface area contributed by atoms with Gasteiger partial charge in [0.2, 0.25) is 11.8 Å². The second-order valence-electron chi connectivity index (χ2n) is 7.69. The summed E-state index contributed by atoms with van der Waals surface area (Å²) in [4.78, 5) is 40.3. The lowest BCUT2D eigenvalue weighted by Crippen LogP contribution is -2.52. The largest absolute Gasteiger partial charge is 0.392 e. The maximum absolute atomic E-state index is 13.1. The lowest BCUT2D eigenvalue weighted by atomic mass is 9.99. The summed E-state index contributed by atoms with van der Waals surface area (Å²) >= 11 is 0. The summed E-state index contributed by atoms with van der Waals surface area (Å²) in [5.41, 5.74) is 8.42. The third kappa shape index (κ3) is 3.47. The number of aliphatic hydroxyl groups excluding tert-OH is 1. The van der Waals surface area contributed by atoms with E-state index in [9.17, 15) is 19.5 Å². The number of fused-ring (bicyclic) bond motifs is 1. The van der Waals surface area contributed by atoms with Gasteiger partial charge in [-0.05, 0) is 24.0 Å². The van der Waals surface area contributed by atoms with Gasteiger partial charge >= 0.3 is 0 Å². The van der Waals surface area contributed by atoms with Crippen LogP contribution in [0.3, 0.4) is 0 Å². The van der Waals surface area contributed by atoms with Crippen LogP contribution in [0.15, 0.2) is 18.2 Å². The van der Waals surface area contributed by atoms with Gasteiger partial charge in [-0.15, -0.1) is 0 Å². The highest BCUT2D eigenvalue weighted by Crippen LogP contribution is 2.30. The van der Waals surface area contributed by atoms with E-state index in [-0.39, 0.29) is 24.3 Å². The molecule has 1 aromatic carbocycles. The van der Waals surface area contributed by atoms with E-state index in [1.54, 1.807) is 4.90 Å². The van der Waals surface area contributed by atoms with Crippen molar-refractivity contribution in [3.05, 3.63) is 34.9 Å². The summed E-state index contributed by atoms with van der Waals surface area (Å²) in [6.07, 6.45) is 0.729. The van der Waals surface area contributed by atoms with E-state index >= 15 is 0 Å². The van der Waals surface area contributed by atoms with Crippen LogP contribution in [0.25, 0.3) is 0 Å². The zero-order chi connectivity index (χ0) is 19.1. The molecule has 3 unspecified atom stereocenters. The Morgan fingerprint density at radius 3 is 2.78 bits per heavy atom. The maximum atomic E-state index is 13.1. The molecule has 0 aromatic heterocycles. The van der Waals surface area contributed by atoms with Gasteiger partial charge in [0.25, 0.3) is 5.91 Å². The van der Waals surface area contributed by atoms with Crippen LogP contribution in [-0.2, 0) is 22.7 Å². The number of amides is 3. The summed E-state index contributed by atoms with van der Waals surface area (Å²) < 4.78 is 0. The number of carbonyl (C=O) groups is 3. The Bertz CT molecular complexity index is 786. The molecule has 0 saturated carbocycles. The van der Waals surface area contributed by atoms with Crippen molar-refractivity contribution in [1.29, 1.82) is 0 Å². The average Bonchev–Trinajstić information content (AvgIpc) is 2.92. The van der Waals surface area contributed by atoms with E-state index in [1.165, 1.54) is 0 Å². The van der Waals surface area contributed by atoms with Crippen LogP contribution in [-0.4, -0.2) is 63.9 Å². The van der Waals surface area contributed by atoms with Crippen molar-refractivity contribution in [2.45, 2.75) is 50.5 Å². The maximum Gasteiger partial charge on any atom is 0.255 e. The van der Waals surface area contributed by atoms with Crippen LogP contribution >= 0.6 is 0 Å². The van der Waals surface area contributed by atoms with Gasteiger partial charge in [0.1, 0.15) is 6.04 Å². The fourth-order valence-electron chi connectivity index (χ4n) is 4.39. The molecule has 8 heteroatoms. The van der Waals surface area contributed by atoms with Crippen LogP contribution in [0, 0.1) is 0 Å². The smallest absolute Gasteiger partial charge is 0.255 e. The Hall–Kier alpha value is -2.29. The van der Waals surface area contributed by atoms with E-state index in [2.05, 4.69) is 10.2 Å². The number of carbonyl (C=O) groups excluding carboxylic acids is 3. The summed E-state index contributed by atoms with van der Waals surface area (Å²) in [6, 6.07) is 5.04. The minimum absolute atomic E-state index is 0.0822. The number of nitrogens with two attached hydrogens (primary N) is 1. The number of rotatable bonds is 3. The lowest BCUT2D eigenvalue weighted by Gasteiger charge is -2.34. The standard InChI is InChI=1S/C19H24N4O4/c20-13-6-14(24)10-22(9-13)7-11-2-1-3-12-8-23(19(27)17(11)12)15-4-5-16(25)21-18(15)26/h1-3,13-15,24H,4-10,20H2,(H,21,25,26). The number of benzene rings is 1. The molecule has 3 aliphatic rings. The molecule has 0 aliphatic carbocycles. The Kier molecular flexibility index (Phi) is 4.71. The first-order valence-electron chi connectivity index (χ1n) is 9.34. The molecule has 1 aromatic rings. The van der Waals surface area contributed by atoms with Crippen LogP contribution in [0.2, 0.25) is 0 Å². The zero-order valence-corrected chi connectivity index (χ0v) is 15.1. The van der Waals surface area contributed by atoms with Gasteiger partial charge in [-0.25, -0.2) is 0 Å². The van der Waals surface area contributed by atoms with Gasteiger partial charge in [-0.3, -0.25) is 24.6 Å². The molecular weight excluding hydrogens is 348 g/mol. The third-order valence-electron chi connectivity index (χ3n) is 5.57. The SMILES string of the molecule is NC1CC(O)CN(Cc2cccc3c2C(=O)N(C2CCC(=O)NC2=O)C3)C1. The molecule has 3 heterocycles. The summed E-state index contributed by atoms with van der Waals surface area (Å²) in [6.45, 7) is 2.10. The van der Waals surface area contributed by atoms with E-state index in [0.29, 0.717) is 44.6 Å². The van der Waals surface area contributed by atoms with E-state index in [0.717, 1.165) is 11.1 Å². The highest BCUT2D eigenvalue weighted by molar-refractivity contribution is 6.05. The number of imide groups is 1. The Labute approximate surface area is 157 Å². The van der Waals surface area contributed by atoms with E-state index < -0.39 is 18.1 Å². The molecule has 0 spiro atoms. The molecular formula is C19H24N4O4. The second kappa shape index (κ2) is 7.03. The fraction of sp³-hybridized carbons (Fsp3) is 0.526. The molecule has 3 atom stereocenters. The minimum atomic E-state index is -0.610. The first-order valence-corrected chi connectivity index (χ1v) is 9.34. The topological polar surface area (TPSA) is 116 Å². The second-order valence-corrected chi connectivity index (χ2v) is 7.69. The van der Waals surface area contributed by atoms with Gasteiger partial charge in [0, 0.05) is 44.2 Å². The molecule has 0 bridgehead atoms. The lowest BCUT2D eigenvalue weighted by molar-refractivity contribution is -0.136. The molecule has 3 aliphatic heterocycles. The molecule has 2 fully saturated rings. The normalized spacial score (nSPS) is 29.0. The van der Waals surface area contributed by atoms with Gasteiger partial charge in [0.15, 0.2) is 0 Å². The molecule has 3 amide bonds. The highest BCUT2D eigenvalue weighted by atomic mass is 16.3. The van der Waals surface area contributed by atoms with Crippen molar-refractivity contribution in [3.63, 3.8) is 0 Å². The van der Waals surface area contributed by atoms with Crippen LogP contribution in [0.5, 0.6) is 0 Å². The van der Waals surface area contributed by atoms with E-state index in [1.807, 2.05) is 18.2 Å². The Balaban J connectivity index is 1.55. The Morgan fingerprint density at radius 1 is 1.22 bits per heavy atom. The number of nitrogens with one attached hydrogen (secondary N) is 1. The number of β-amino-alcohol motifs (C(OH)–C–C–N with tert-alkyl or cyclic N) is 1. The first kappa shape index (κ1) is 18.1. The zero-order valence-electron chi connectivity index (χ0n) is 15.1. The monoisotopic (exact) mass is 372 g/mol. The predicted octanol–water partition coefficient (Wildman–Crippen LogP) is -0.658. The quantitative estimate of drug-likeness (QED) is 0.607. The highest BCUT2D eigenvalue weighted by Gasteiger charge is 2.40. The number of aliphatic hydroxyl groups is 1. The molecule has 4 N–H and O–H groups in total. The molecule has 27 heavy (non-hydrogen) atoms. The number of hydrogen-bond donors (Lipinski definition) is 3. The molecule has 144 valence electrons. The fourth-order valence-corrected chi connectivity index (χ4v) is 4.39. The van der Waals surface area contributed by atoms with Crippen LogP contribution in [0.4, 0.5) is 0 Å². The van der Waals surface area contributed by atoms with Gasteiger partial charge in [-0.1, -0.05) is 18.2 Å². The number of likely N-dealkylation sites (tertiary alicyclic amines) is 1. The van der Waals surface area contributed by atoms with Crippen molar-refractivity contribution in [3.8, 4) is 0 Å². The molecule has 0 radical (unpaired) electrons. The van der Waals surface area contributed by atoms with Crippen LogP contribution < -0.4 is 11.1 Å². The van der Waals surface area contributed by atoms with Crippen molar-refractivity contribution in [2.24, 2.45) is 5.73 Å². The number of piperidine rings is 2. The Morgan fingerprint density at radius 2 is 2.04 bits per heavy atom. The van der Waals surface area contributed by atoms with Gasteiger partial charge in [0.05, 0.1) is 6.10 Å². The van der Waals surface area contributed by atoms with Crippen molar-refractivity contribution < 1.29 is 19.5 Å². The summed E-state index contributed by atoms with van der Waals surface area (Å²) in [5, 5.41) is 12.3. The van der Waals surface area contributed by atoms with Gasteiger partial charge < -0.3 is 15.7 Å². The van der Waals surface area contributed by atoms with Crippen molar-refractivity contribution in [2.75, 3.05) is 13.1 Å². The van der Waals surface area contributed by atoms with Gasteiger partial charge in [-0.2, -0.15) is 0 Å². The third-order valence-corrected chi connectivity index (χ3v) is 5.57.